The van der Waals surface area contributed by atoms with Gasteiger partial charge in [-0.05, 0) is 17.7 Å². The zero-order valence-corrected chi connectivity index (χ0v) is 10.1. The maximum Gasteiger partial charge on any atom is 0.243 e. The van der Waals surface area contributed by atoms with Gasteiger partial charge in [-0.15, -0.1) is 6.58 Å². The topological polar surface area (TPSA) is 63.4 Å². The predicted octanol–water partition coefficient (Wildman–Crippen LogP) is 0.952. The molecule has 5 heteroatoms. The van der Waals surface area contributed by atoms with Crippen LogP contribution >= 0.6 is 0 Å². The quantitative estimate of drug-likeness (QED) is 0.779. The number of rotatable bonds is 5. The number of likely N-dealkylation sites (N-methyl/N-ethyl adjacent to an activating group) is 1. The summed E-state index contributed by atoms with van der Waals surface area (Å²) in [6.07, 6.45) is 1.55. The Kier molecular flexibility index (Phi) is 4.23. The van der Waals surface area contributed by atoms with Crippen LogP contribution in [-0.4, -0.2) is 26.3 Å². The molecule has 0 radical (unpaired) electrons. The van der Waals surface area contributed by atoms with Crippen LogP contribution in [0, 0.1) is 0 Å². The van der Waals surface area contributed by atoms with Crippen molar-refractivity contribution < 1.29 is 8.42 Å². The van der Waals surface area contributed by atoms with Gasteiger partial charge in [-0.2, -0.15) is 4.31 Å². The van der Waals surface area contributed by atoms with Gasteiger partial charge >= 0.3 is 0 Å². The Balaban J connectivity index is 3.02. The molecule has 0 amide bonds. The minimum Gasteiger partial charge on any atom is -0.326 e. The summed E-state index contributed by atoms with van der Waals surface area (Å²) in [5.41, 5.74) is 6.35. The molecule has 0 fully saturated rings. The van der Waals surface area contributed by atoms with E-state index in [1.165, 1.54) is 11.4 Å². The molecule has 4 nitrogen and oxygen atoms in total. The van der Waals surface area contributed by atoms with E-state index in [1.54, 1.807) is 30.3 Å². The van der Waals surface area contributed by atoms with Crippen LogP contribution < -0.4 is 5.73 Å². The van der Waals surface area contributed by atoms with Crippen LogP contribution in [0.5, 0.6) is 0 Å². The highest BCUT2D eigenvalue weighted by Gasteiger charge is 2.18. The molecular weight excluding hydrogens is 224 g/mol. The average molecular weight is 240 g/mol. The standard InChI is InChI=1S/C11H16N2O2S/c1-3-8-13(2)16(14,15)11-6-4-10(9-12)5-7-11/h3-7H,1,8-9,12H2,2H3. The molecule has 0 aliphatic carbocycles. The van der Waals surface area contributed by atoms with Crippen molar-refractivity contribution in [3.63, 3.8) is 0 Å². The van der Waals surface area contributed by atoms with E-state index < -0.39 is 10.0 Å². The second-order valence-electron chi connectivity index (χ2n) is 3.42. The highest BCUT2D eigenvalue weighted by atomic mass is 32.2. The van der Waals surface area contributed by atoms with Gasteiger partial charge in [0.15, 0.2) is 0 Å². The highest BCUT2D eigenvalue weighted by Crippen LogP contribution is 2.14. The van der Waals surface area contributed by atoms with E-state index in [0.29, 0.717) is 13.1 Å². The van der Waals surface area contributed by atoms with Crippen LogP contribution in [0.2, 0.25) is 0 Å². The molecule has 0 unspecified atom stereocenters. The van der Waals surface area contributed by atoms with Crippen molar-refractivity contribution in [3.8, 4) is 0 Å². The van der Waals surface area contributed by atoms with E-state index in [9.17, 15) is 8.42 Å². The van der Waals surface area contributed by atoms with Crippen molar-refractivity contribution in [1.29, 1.82) is 0 Å². The molecule has 16 heavy (non-hydrogen) atoms. The summed E-state index contributed by atoms with van der Waals surface area (Å²) >= 11 is 0. The molecule has 0 saturated heterocycles. The minimum absolute atomic E-state index is 0.272. The molecule has 1 rings (SSSR count). The minimum atomic E-state index is -3.40. The second kappa shape index (κ2) is 5.25. The van der Waals surface area contributed by atoms with Crippen molar-refractivity contribution >= 4 is 10.0 Å². The molecule has 88 valence electrons. The van der Waals surface area contributed by atoms with Crippen molar-refractivity contribution in [1.82, 2.24) is 4.31 Å². The molecule has 0 bridgehead atoms. The molecule has 1 aromatic carbocycles. The van der Waals surface area contributed by atoms with Crippen LogP contribution in [0.3, 0.4) is 0 Å². The van der Waals surface area contributed by atoms with Crippen molar-refractivity contribution in [3.05, 3.63) is 42.5 Å². The van der Waals surface area contributed by atoms with Crippen molar-refractivity contribution in [2.45, 2.75) is 11.4 Å². The molecule has 0 atom stereocenters. The SMILES string of the molecule is C=CCN(C)S(=O)(=O)c1ccc(CN)cc1. The zero-order chi connectivity index (χ0) is 12.2. The number of nitrogens with two attached hydrogens (primary N) is 1. The summed E-state index contributed by atoms with van der Waals surface area (Å²) in [6.45, 7) is 4.21. The number of hydrogen-bond donors (Lipinski definition) is 1. The lowest BCUT2D eigenvalue weighted by atomic mass is 10.2. The number of hydrogen-bond acceptors (Lipinski definition) is 3. The van der Waals surface area contributed by atoms with Gasteiger partial charge in [0.1, 0.15) is 0 Å². The van der Waals surface area contributed by atoms with Crippen molar-refractivity contribution in [2.75, 3.05) is 13.6 Å². The predicted molar refractivity (Wildman–Crippen MR) is 64.3 cm³/mol. The molecule has 0 aromatic heterocycles. The molecule has 1 aromatic rings. The first-order chi connectivity index (χ1) is 7.52. The van der Waals surface area contributed by atoms with Gasteiger partial charge in [-0.1, -0.05) is 18.2 Å². The fourth-order valence-corrected chi connectivity index (χ4v) is 2.40. The van der Waals surface area contributed by atoms with Gasteiger partial charge in [0.2, 0.25) is 10.0 Å². The number of nitrogens with zero attached hydrogens (tertiary/aromatic N) is 1. The summed E-state index contributed by atoms with van der Waals surface area (Å²) in [5.74, 6) is 0. The Bertz CT molecular complexity index is 451. The third-order valence-corrected chi connectivity index (χ3v) is 4.09. The van der Waals surface area contributed by atoms with Crippen LogP contribution in [0.4, 0.5) is 0 Å². The first kappa shape index (κ1) is 12.9. The van der Waals surface area contributed by atoms with Gasteiger partial charge in [-0.3, -0.25) is 0 Å². The molecule has 0 aliphatic heterocycles. The molecule has 0 heterocycles. The van der Waals surface area contributed by atoms with E-state index in [1.807, 2.05) is 0 Å². The average Bonchev–Trinajstić information content (AvgIpc) is 2.29. The van der Waals surface area contributed by atoms with E-state index in [4.69, 9.17) is 5.73 Å². The summed E-state index contributed by atoms with van der Waals surface area (Å²) in [4.78, 5) is 0.272. The summed E-state index contributed by atoms with van der Waals surface area (Å²) in [6, 6.07) is 6.57. The maximum absolute atomic E-state index is 12.0. The third-order valence-electron chi connectivity index (χ3n) is 2.25. The van der Waals surface area contributed by atoms with Crippen LogP contribution in [0.15, 0.2) is 41.8 Å². The first-order valence-electron chi connectivity index (χ1n) is 4.88. The Hall–Kier alpha value is -1.17. The first-order valence-corrected chi connectivity index (χ1v) is 6.32. The van der Waals surface area contributed by atoms with Crippen LogP contribution in [0.1, 0.15) is 5.56 Å². The lowest BCUT2D eigenvalue weighted by molar-refractivity contribution is 0.499. The van der Waals surface area contributed by atoms with E-state index in [0.717, 1.165) is 5.56 Å². The van der Waals surface area contributed by atoms with Gasteiger partial charge in [-0.25, -0.2) is 8.42 Å². The van der Waals surface area contributed by atoms with Gasteiger partial charge < -0.3 is 5.73 Å². The molecule has 0 spiro atoms. The van der Waals surface area contributed by atoms with Crippen LogP contribution in [-0.2, 0) is 16.6 Å². The molecule has 2 N–H and O–H groups in total. The third kappa shape index (κ3) is 2.69. The normalized spacial score (nSPS) is 11.7. The second-order valence-corrected chi connectivity index (χ2v) is 5.47. The summed E-state index contributed by atoms with van der Waals surface area (Å²) in [5, 5.41) is 0. The molecule has 0 aliphatic rings. The lowest BCUT2D eigenvalue weighted by Gasteiger charge is -2.15. The van der Waals surface area contributed by atoms with Gasteiger partial charge in [0, 0.05) is 20.1 Å². The highest BCUT2D eigenvalue weighted by molar-refractivity contribution is 7.89. The Morgan fingerprint density at radius 2 is 1.94 bits per heavy atom. The fourth-order valence-electron chi connectivity index (χ4n) is 1.26. The van der Waals surface area contributed by atoms with Crippen molar-refractivity contribution in [2.24, 2.45) is 5.73 Å². The van der Waals surface area contributed by atoms with E-state index in [2.05, 4.69) is 6.58 Å². The number of benzene rings is 1. The smallest absolute Gasteiger partial charge is 0.243 e. The molecule has 0 saturated carbocycles. The van der Waals surface area contributed by atoms with Gasteiger partial charge in [0.25, 0.3) is 0 Å². The zero-order valence-electron chi connectivity index (χ0n) is 9.26. The monoisotopic (exact) mass is 240 g/mol. The van der Waals surface area contributed by atoms with E-state index >= 15 is 0 Å². The Labute approximate surface area is 96.4 Å². The fraction of sp³-hybridized carbons (Fsp3) is 0.273. The van der Waals surface area contributed by atoms with Crippen LogP contribution in [0.25, 0.3) is 0 Å². The Morgan fingerprint density at radius 3 is 2.38 bits per heavy atom. The van der Waals surface area contributed by atoms with Gasteiger partial charge in [0.05, 0.1) is 4.90 Å². The Morgan fingerprint density at radius 1 is 1.38 bits per heavy atom. The number of sulfonamides is 1. The summed E-state index contributed by atoms with van der Waals surface area (Å²) < 4.78 is 25.2. The molecular formula is C11H16N2O2S. The lowest BCUT2D eigenvalue weighted by Crippen LogP contribution is -2.26. The van der Waals surface area contributed by atoms with E-state index in [-0.39, 0.29) is 4.90 Å². The maximum atomic E-state index is 12.0. The summed E-state index contributed by atoms with van der Waals surface area (Å²) in [7, 11) is -1.88. The largest absolute Gasteiger partial charge is 0.326 e.